The molecule has 0 saturated heterocycles. The van der Waals surface area contributed by atoms with Gasteiger partial charge in [0.2, 0.25) is 17.7 Å². The number of likely N-dealkylation sites (N-methyl/N-ethyl adjacent to an activating group) is 1. The van der Waals surface area contributed by atoms with Crippen LogP contribution >= 0.6 is 0 Å². The average Bonchev–Trinajstić information content (AvgIpc) is 3.15. The Kier molecular flexibility index (Phi) is 13.4. The summed E-state index contributed by atoms with van der Waals surface area (Å²) in [5, 5.41) is 2.93. The monoisotopic (exact) mass is 756 g/mol. The Morgan fingerprint density at radius 3 is 2.09 bits per heavy atom. The maximum Gasteiger partial charge on any atom is 0.410 e. The van der Waals surface area contributed by atoms with Crippen molar-refractivity contribution < 1.29 is 38.2 Å². The number of nitrogens with one attached hydrogen (secondary N) is 1. The van der Waals surface area contributed by atoms with Crippen LogP contribution < -0.4 is 10.1 Å². The third kappa shape index (κ3) is 10.4. The van der Waals surface area contributed by atoms with Gasteiger partial charge in [-0.05, 0) is 86.6 Å². The number of methoxy groups -OCH3 is 2. The minimum Gasteiger partial charge on any atom is -0.497 e. The summed E-state index contributed by atoms with van der Waals surface area (Å²) in [4.78, 5) is 73.4. The van der Waals surface area contributed by atoms with Crippen molar-refractivity contribution in [3.63, 3.8) is 0 Å². The molecule has 55 heavy (non-hydrogen) atoms. The van der Waals surface area contributed by atoms with Gasteiger partial charge < -0.3 is 29.3 Å². The number of benzene rings is 3. The Morgan fingerprint density at radius 2 is 1.51 bits per heavy atom. The molecule has 0 aromatic heterocycles. The molecule has 0 saturated carbocycles. The van der Waals surface area contributed by atoms with Crippen LogP contribution in [0.2, 0.25) is 0 Å². The third-order valence-electron chi connectivity index (χ3n) is 9.91. The number of rotatable bonds is 11. The molecule has 3 aromatic carbocycles. The molecule has 296 valence electrons. The van der Waals surface area contributed by atoms with E-state index >= 15 is 4.79 Å². The number of nitrogens with zero attached hydrogens (tertiary/aromatic N) is 3. The second-order valence-corrected chi connectivity index (χ2v) is 16.1. The summed E-state index contributed by atoms with van der Waals surface area (Å²) in [7, 11) is 4.38. The first-order chi connectivity index (χ1) is 25.7. The number of carbonyl (C=O) groups excluding carboxylic acids is 5. The predicted octanol–water partition coefficient (Wildman–Crippen LogP) is 6.31. The average molecular weight is 757 g/mol. The van der Waals surface area contributed by atoms with Gasteiger partial charge in [0.1, 0.15) is 29.5 Å². The fraction of sp³-hybridized carbons (Fsp3) is 0.465. The molecule has 0 fully saturated rings. The van der Waals surface area contributed by atoms with E-state index in [2.05, 4.69) is 5.32 Å². The van der Waals surface area contributed by atoms with Crippen molar-refractivity contribution in [2.45, 2.75) is 105 Å². The fourth-order valence-corrected chi connectivity index (χ4v) is 6.46. The summed E-state index contributed by atoms with van der Waals surface area (Å²) in [5.41, 5.74) is 2.29. The van der Waals surface area contributed by atoms with Gasteiger partial charge >= 0.3 is 12.1 Å². The first kappa shape index (κ1) is 42.4. The number of hydrogen-bond acceptors (Lipinski definition) is 8. The first-order valence-electron chi connectivity index (χ1n) is 18.5. The van der Waals surface area contributed by atoms with Crippen molar-refractivity contribution in [3.8, 4) is 5.75 Å². The highest BCUT2D eigenvalue weighted by Crippen LogP contribution is 2.33. The van der Waals surface area contributed by atoms with Gasteiger partial charge in [-0.2, -0.15) is 0 Å². The molecule has 4 amide bonds. The lowest BCUT2D eigenvalue weighted by Crippen LogP contribution is -2.62. The molecule has 4 atom stereocenters. The summed E-state index contributed by atoms with van der Waals surface area (Å²) in [6, 6.07) is 18.7. The van der Waals surface area contributed by atoms with Crippen LogP contribution in [0.5, 0.6) is 5.75 Å². The zero-order chi connectivity index (χ0) is 40.8. The molecule has 0 radical (unpaired) electrons. The van der Waals surface area contributed by atoms with Gasteiger partial charge in [0, 0.05) is 26.6 Å². The summed E-state index contributed by atoms with van der Waals surface area (Å²) in [6.45, 7) is 14.6. The van der Waals surface area contributed by atoms with Crippen molar-refractivity contribution in [1.29, 1.82) is 0 Å². The van der Waals surface area contributed by atoms with Crippen molar-refractivity contribution in [1.82, 2.24) is 20.0 Å². The molecule has 3 aromatic rings. The molecule has 1 heterocycles. The summed E-state index contributed by atoms with van der Waals surface area (Å²) < 4.78 is 15.9. The quantitative estimate of drug-likeness (QED) is 0.225. The number of amides is 4. The van der Waals surface area contributed by atoms with Gasteiger partial charge in [0.25, 0.3) is 0 Å². The van der Waals surface area contributed by atoms with Gasteiger partial charge in [-0.25, -0.2) is 9.59 Å². The highest BCUT2D eigenvalue weighted by atomic mass is 16.6. The summed E-state index contributed by atoms with van der Waals surface area (Å²) >= 11 is 0. The fourth-order valence-electron chi connectivity index (χ4n) is 6.46. The van der Waals surface area contributed by atoms with Crippen molar-refractivity contribution in [3.05, 3.63) is 101 Å². The Labute approximate surface area is 325 Å². The minimum absolute atomic E-state index is 0.149. The zero-order valence-corrected chi connectivity index (χ0v) is 34.0. The van der Waals surface area contributed by atoms with Gasteiger partial charge in [-0.15, -0.1) is 0 Å². The molecule has 1 aliphatic rings. The highest BCUT2D eigenvalue weighted by molar-refractivity contribution is 5.95. The normalized spacial score (nSPS) is 15.8. The summed E-state index contributed by atoms with van der Waals surface area (Å²) in [6.07, 6.45) is -0.413. The van der Waals surface area contributed by atoms with Crippen LogP contribution in [-0.4, -0.2) is 89.5 Å². The van der Waals surface area contributed by atoms with E-state index in [0.717, 1.165) is 22.3 Å². The molecule has 1 N–H and O–H groups in total. The standard InChI is InChI=1S/C43H56N4O8/c1-27(31-17-14-18-34(23-31)53-10)46(25-29-19-21-30(22-20-29)40(51)54-11)38(49)35-24-32-15-12-13-16-33(32)26-47(35)39(50)36(42(3,4)5)44-37(48)28(2)45(9)41(52)55-43(6,7)8/h12-23,27-28,35-36H,24-26H2,1-11H3,(H,44,48). The highest BCUT2D eigenvalue weighted by Gasteiger charge is 2.44. The van der Waals surface area contributed by atoms with Crippen molar-refractivity contribution in [2.75, 3.05) is 21.3 Å². The number of esters is 1. The molecular formula is C43H56N4O8. The molecule has 0 bridgehead atoms. The van der Waals surface area contributed by atoms with E-state index in [9.17, 15) is 19.2 Å². The molecule has 4 rings (SSSR count). The van der Waals surface area contributed by atoms with E-state index < -0.39 is 59.1 Å². The summed E-state index contributed by atoms with van der Waals surface area (Å²) in [5.74, 6) is -1.07. The number of ether oxygens (including phenoxy) is 3. The van der Waals surface area contributed by atoms with Crippen molar-refractivity contribution >= 4 is 29.8 Å². The van der Waals surface area contributed by atoms with Crippen LogP contribution in [0.4, 0.5) is 4.79 Å². The maximum atomic E-state index is 15.2. The predicted molar refractivity (Wildman–Crippen MR) is 209 cm³/mol. The Bertz CT molecular complexity index is 1860. The Hall–Kier alpha value is -5.39. The van der Waals surface area contributed by atoms with E-state index in [-0.39, 0.29) is 25.4 Å². The molecule has 12 heteroatoms. The lowest BCUT2D eigenvalue weighted by molar-refractivity contribution is -0.152. The first-order valence-corrected chi connectivity index (χ1v) is 18.5. The van der Waals surface area contributed by atoms with Crippen LogP contribution in [0.1, 0.15) is 94.0 Å². The lowest BCUT2D eigenvalue weighted by Gasteiger charge is -2.43. The zero-order valence-electron chi connectivity index (χ0n) is 34.0. The largest absolute Gasteiger partial charge is 0.497 e. The second-order valence-electron chi connectivity index (χ2n) is 16.1. The van der Waals surface area contributed by atoms with Crippen LogP contribution in [-0.2, 0) is 43.4 Å². The molecule has 0 spiro atoms. The van der Waals surface area contributed by atoms with Crippen LogP contribution in [0, 0.1) is 5.41 Å². The SMILES string of the molecule is COC(=O)c1ccc(CN(C(=O)C2Cc3ccccc3CN2C(=O)C(NC(=O)C(C)N(C)C(=O)OC(C)(C)C)C(C)(C)C)C(C)c2cccc(OC)c2)cc1. The van der Waals surface area contributed by atoms with Gasteiger partial charge in [-0.3, -0.25) is 19.3 Å². The molecule has 4 unspecified atom stereocenters. The number of hydrogen-bond donors (Lipinski definition) is 1. The maximum absolute atomic E-state index is 15.2. The number of fused-ring (bicyclic) bond motifs is 1. The van der Waals surface area contributed by atoms with Gasteiger partial charge in [0.05, 0.1) is 25.8 Å². The topological polar surface area (TPSA) is 135 Å². The molecular weight excluding hydrogens is 700 g/mol. The Balaban J connectivity index is 1.74. The van der Waals surface area contributed by atoms with Crippen molar-refractivity contribution in [2.24, 2.45) is 5.41 Å². The van der Waals surface area contributed by atoms with E-state index in [1.54, 1.807) is 68.9 Å². The lowest BCUT2D eigenvalue weighted by atomic mass is 9.84. The molecule has 12 nitrogen and oxygen atoms in total. The molecule has 1 aliphatic heterocycles. The minimum atomic E-state index is -1.05. The second kappa shape index (κ2) is 17.4. The van der Waals surface area contributed by atoms with E-state index in [0.29, 0.717) is 11.3 Å². The van der Waals surface area contributed by atoms with E-state index in [1.165, 1.54) is 19.1 Å². The van der Waals surface area contributed by atoms with Crippen LogP contribution in [0.15, 0.2) is 72.8 Å². The van der Waals surface area contributed by atoms with E-state index in [1.807, 2.05) is 76.2 Å². The van der Waals surface area contributed by atoms with Gasteiger partial charge in [0.15, 0.2) is 0 Å². The van der Waals surface area contributed by atoms with E-state index in [4.69, 9.17) is 14.2 Å². The molecule has 0 aliphatic carbocycles. The third-order valence-corrected chi connectivity index (χ3v) is 9.91. The van der Waals surface area contributed by atoms with Crippen LogP contribution in [0.25, 0.3) is 0 Å². The smallest absolute Gasteiger partial charge is 0.410 e. The Morgan fingerprint density at radius 1 is 0.873 bits per heavy atom. The number of carbonyl (C=O) groups is 5. The van der Waals surface area contributed by atoms with Gasteiger partial charge in [-0.1, -0.05) is 69.3 Å². The van der Waals surface area contributed by atoms with Crippen LogP contribution in [0.3, 0.4) is 0 Å².